The fourth-order valence-corrected chi connectivity index (χ4v) is 2.18. The van der Waals surface area contributed by atoms with Gasteiger partial charge in [-0.2, -0.15) is 0 Å². The first kappa shape index (κ1) is 15.2. The third-order valence-corrected chi connectivity index (χ3v) is 3.19. The van der Waals surface area contributed by atoms with Crippen molar-refractivity contribution in [2.75, 3.05) is 18.2 Å². The summed E-state index contributed by atoms with van der Waals surface area (Å²) in [7, 11) is 1.30. The maximum Gasteiger partial charge on any atom is 0.340 e. The summed E-state index contributed by atoms with van der Waals surface area (Å²) in [5.74, 6) is 0.675. The lowest BCUT2D eigenvalue weighted by atomic mass is 10.1. The van der Waals surface area contributed by atoms with Crippen molar-refractivity contribution < 1.29 is 13.9 Å². The molecule has 0 aliphatic heterocycles. The largest absolute Gasteiger partial charge is 0.465 e. The number of hydrogen-bond acceptors (Lipinski definition) is 6. The van der Waals surface area contributed by atoms with Crippen molar-refractivity contribution in [3.63, 3.8) is 0 Å². The van der Waals surface area contributed by atoms with Crippen LogP contribution in [0.4, 0.5) is 11.4 Å². The van der Waals surface area contributed by atoms with Gasteiger partial charge >= 0.3 is 5.97 Å². The van der Waals surface area contributed by atoms with E-state index in [4.69, 9.17) is 26.5 Å². The molecular formula is C14H16ClN3O3. The summed E-state index contributed by atoms with van der Waals surface area (Å²) in [4.78, 5) is 16.0. The highest BCUT2D eigenvalue weighted by molar-refractivity contribution is 6.34. The van der Waals surface area contributed by atoms with E-state index in [9.17, 15) is 4.79 Å². The third kappa shape index (κ3) is 3.28. The number of carbonyl (C=O) groups excluding carboxylic acids is 1. The summed E-state index contributed by atoms with van der Waals surface area (Å²) in [6.45, 7) is 3.65. The van der Waals surface area contributed by atoms with Crippen LogP contribution in [0.3, 0.4) is 0 Å². The van der Waals surface area contributed by atoms with Crippen LogP contribution in [0.15, 0.2) is 22.7 Å². The molecule has 0 amide bonds. The summed E-state index contributed by atoms with van der Waals surface area (Å²) < 4.78 is 10.2. The molecule has 1 aromatic heterocycles. The maximum atomic E-state index is 11.8. The van der Waals surface area contributed by atoms with Gasteiger partial charge in [-0.25, -0.2) is 9.78 Å². The quantitative estimate of drug-likeness (QED) is 0.666. The minimum Gasteiger partial charge on any atom is -0.465 e. The molecule has 1 heterocycles. The van der Waals surface area contributed by atoms with Gasteiger partial charge in [-0.1, -0.05) is 11.6 Å². The molecule has 112 valence electrons. The molecule has 0 bridgehead atoms. The predicted molar refractivity (Wildman–Crippen MR) is 80.5 cm³/mol. The molecule has 0 aliphatic rings. The van der Waals surface area contributed by atoms with Gasteiger partial charge in [0.15, 0.2) is 0 Å². The van der Waals surface area contributed by atoms with Gasteiger partial charge in [-0.3, -0.25) is 0 Å². The van der Waals surface area contributed by atoms with E-state index in [2.05, 4.69) is 10.3 Å². The number of rotatable bonds is 4. The van der Waals surface area contributed by atoms with Crippen LogP contribution < -0.4 is 11.1 Å². The number of anilines is 2. The fourth-order valence-electron chi connectivity index (χ4n) is 1.90. The van der Waals surface area contributed by atoms with Crippen molar-refractivity contribution in [1.82, 2.24) is 4.98 Å². The lowest BCUT2D eigenvalue weighted by molar-refractivity contribution is 0.0602. The number of aryl methyl sites for hydroxylation is 1. The van der Waals surface area contributed by atoms with E-state index in [-0.39, 0.29) is 11.6 Å². The Bertz CT molecular complexity index is 669. The lowest BCUT2D eigenvalue weighted by Gasteiger charge is -2.17. The van der Waals surface area contributed by atoms with Crippen LogP contribution in [0.2, 0.25) is 5.02 Å². The Balaban J connectivity index is 2.36. The van der Waals surface area contributed by atoms with Crippen molar-refractivity contribution in [2.24, 2.45) is 0 Å². The van der Waals surface area contributed by atoms with Crippen molar-refractivity contribution >= 4 is 28.9 Å². The highest BCUT2D eigenvalue weighted by Gasteiger charge is 2.20. The second-order valence-electron chi connectivity index (χ2n) is 4.59. The zero-order valence-electron chi connectivity index (χ0n) is 11.9. The van der Waals surface area contributed by atoms with Gasteiger partial charge < -0.3 is 20.2 Å². The summed E-state index contributed by atoms with van der Waals surface area (Å²) in [6.07, 6.45) is 1.62. The Morgan fingerprint density at radius 2 is 2.24 bits per heavy atom. The highest BCUT2D eigenvalue weighted by atomic mass is 35.5. The summed E-state index contributed by atoms with van der Waals surface area (Å²) in [5, 5.41) is 3.43. The average Bonchev–Trinajstić information content (AvgIpc) is 2.87. The number of methoxy groups -OCH3 is 1. The molecule has 0 fully saturated rings. The number of hydrogen-bond donors (Lipinski definition) is 2. The Hall–Kier alpha value is -2.21. The van der Waals surface area contributed by atoms with Crippen LogP contribution in [0.25, 0.3) is 0 Å². The lowest BCUT2D eigenvalue weighted by Crippen LogP contribution is -2.13. The van der Waals surface area contributed by atoms with Crippen LogP contribution in [0.5, 0.6) is 0 Å². The van der Waals surface area contributed by atoms with Gasteiger partial charge in [-0.05, 0) is 26.0 Å². The molecule has 1 aromatic carbocycles. The second-order valence-corrected chi connectivity index (χ2v) is 5.00. The number of nitrogens with one attached hydrogen (secondary N) is 1. The molecule has 7 heteroatoms. The molecule has 21 heavy (non-hydrogen) atoms. The van der Waals surface area contributed by atoms with Crippen molar-refractivity contribution in [3.8, 4) is 0 Å². The standard InChI is InChI=1S/C14H16ClN3O3/c1-7-6-17-13(21-7)8(2)18-12-10(14(19)20-3)4-9(16)5-11(12)15/h4-6,8,18H,16H2,1-3H3. The number of nitrogen functional groups attached to an aromatic ring is 1. The summed E-state index contributed by atoms with van der Waals surface area (Å²) >= 11 is 6.17. The van der Waals surface area contributed by atoms with Gasteiger partial charge in [0.2, 0.25) is 5.89 Å². The molecule has 1 unspecified atom stereocenters. The van der Waals surface area contributed by atoms with E-state index in [0.29, 0.717) is 28.0 Å². The van der Waals surface area contributed by atoms with E-state index in [1.165, 1.54) is 13.2 Å². The Kier molecular flexibility index (Phi) is 4.37. The van der Waals surface area contributed by atoms with E-state index in [0.717, 1.165) is 0 Å². The Morgan fingerprint density at radius 3 is 2.81 bits per heavy atom. The monoisotopic (exact) mass is 309 g/mol. The zero-order valence-corrected chi connectivity index (χ0v) is 12.7. The van der Waals surface area contributed by atoms with E-state index in [1.54, 1.807) is 19.2 Å². The van der Waals surface area contributed by atoms with Gasteiger partial charge in [0.25, 0.3) is 0 Å². The number of oxazole rings is 1. The topological polar surface area (TPSA) is 90.4 Å². The Labute approximate surface area is 127 Å². The van der Waals surface area contributed by atoms with E-state index >= 15 is 0 Å². The zero-order chi connectivity index (χ0) is 15.6. The number of nitrogens with zero attached hydrogens (tertiary/aromatic N) is 1. The van der Waals surface area contributed by atoms with Crippen LogP contribution in [-0.4, -0.2) is 18.1 Å². The van der Waals surface area contributed by atoms with Gasteiger partial charge in [0.1, 0.15) is 11.8 Å². The average molecular weight is 310 g/mol. The molecular weight excluding hydrogens is 294 g/mol. The molecule has 0 aliphatic carbocycles. The smallest absolute Gasteiger partial charge is 0.340 e. The molecule has 6 nitrogen and oxygen atoms in total. The molecule has 2 aromatic rings. The van der Waals surface area contributed by atoms with Gasteiger partial charge in [0.05, 0.1) is 29.6 Å². The normalized spacial score (nSPS) is 12.0. The van der Waals surface area contributed by atoms with Gasteiger partial charge in [-0.15, -0.1) is 0 Å². The second kappa shape index (κ2) is 6.05. The summed E-state index contributed by atoms with van der Waals surface area (Å²) in [6, 6.07) is 2.79. The minimum absolute atomic E-state index is 0.262. The molecule has 2 rings (SSSR count). The molecule has 0 saturated heterocycles. The highest BCUT2D eigenvalue weighted by Crippen LogP contribution is 2.32. The number of halogens is 1. The fraction of sp³-hybridized carbons (Fsp3) is 0.286. The van der Waals surface area contributed by atoms with Crippen molar-refractivity contribution in [2.45, 2.75) is 19.9 Å². The number of benzene rings is 1. The van der Waals surface area contributed by atoms with Crippen molar-refractivity contribution in [1.29, 1.82) is 0 Å². The van der Waals surface area contributed by atoms with Crippen LogP contribution in [-0.2, 0) is 4.74 Å². The molecule has 0 saturated carbocycles. The first-order valence-electron chi connectivity index (χ1n) is 6.28. The number of carbonyl (C=O) groups is 1. The first-order valence-corrected chi connectivity index (χ1v) is 6.66. The molecule has 1 atom stereocenters. The Morgan fingerprint density at radius 1 is 1.52 bits per heavy atom. The number of aromatic nitrogens is 1. The predicted octanol–water partition coefficient (Wildman–Crippen LogP) is 3.18. The van der Waals surface area contributed by atoms with Crippen LogP contribution >= 0.6 is 11.6 Å². The van der Waals surface area contributed by atoms with Crippen LogP contribution in [0.1, 0.15) is 35.0 Å². The number of nitrogens with two attached hydrogens (primary N) is 1. The number of esters is 1. The minimum atomic E-state index is -0.525. The maximum absolute atomic E-state index is 11.8. The van der Waals surface area contributed by atoms with Crippen LogP contribution in [0, 0.1) is 6.92 Å². The SMILES string of the molecule is COC(=O)c1cc(N)cc(Cl)c1NC(C)c1ncc(C)o1. The first-order chi connectivity index (χ1) is 9.92. The van der Waals surface area contributed by atoms with E-state index in [1.807, 2.05) is 6.92 Å². The molecule has 3 N–H and O–H groups in total. The van der Waals surface area contributed by atoms with Gasteiger partial charge in [0, 0.05) is 5.69 Å². The molecule has 0 radical (unpaired) electrons. The summed E-state index contributed by atoms with van der Waals surface area (Å²) in [5.41, 5.74) is 6.79. The third-order valence-electron chi connectivity index (χ3n) is 2.89. The van der Waals surface area contributed by atoms with Crippen molar-refractivity contribution in [3.05, 3.63) is 40.6 Å². The number of ether oxygens (including phenoxy) is 1. The van der Waals surface area contributed by atoms with E-state index < -0.39 is 5.97 Å². The molecule has 0 spiro atoms.